The van der Waals surface area contributed by atoms with Gasteiger partial charge in [0.15, 0.2) is 0 Å². The molecule has 2 aliphatic rings. The van der Waals surface area contributed by atoms with Gasteiger partial charge in [0.1, 0.15) is 11.7 Å². The molecule has 5 nitrogen and oxygen atoms in total. The van der Waals surface area contributed by atoms with Gasteiger partial charge in [-0.05, 0) is 25.2 Å². The first-order valence-electron chi connectivity index (χ1n) is 8.00. The van der Waals surface area contributed by atoms with Gasteiger partial charge in [-0.15, -0.1) is 11.3 Å². The highest BCUT2D eigenvalue weighted by Gasteiger charge is 2.48. The number of fused-ring (bicyclic) bond motifs is 1. The standard InChI is InChI=1S/C16H22N2O3S/c1-9(2)14-17-11(8-22-14)15(19)18-12-6-4-3-5-10(12)7-13(18)16(20)21/h8-10,12-13H,3-7H2,1-2H3,(H,20,21)/t10-,12+,13+/m1/s1. The summed E-state index contributed by atoms with van der Waals surface area (Å²) in [7, 11) is 0. The number of likely N-dealkylation sites (tertiary alicyclic amines) is 1. The number of carboxylic acid groups (broad SMARTS) is 1. The van der Waals surface area contributed by atoms with Crippen molar-refractivity contribution in [3.05, 3.63) is 16.1 Å². The Bertz CT molecular complexity index is 584. The lowest BCUT2D eigenvalue weighted by Gasteiger charge is -2.32. The molecule has 6 heteroatoms. The van der Waals surface area contributed by atoms with Crippen molar-refractivity contribution < 1.29 is 14.7 Å². The predicted octanol–water partition coefficient (Wildman–Crippen LogP) is 3.12. The molecule has 0 radical (unpaired) electrons. The largest absolute Gasteiger partial charge is 0.480 e. The van der Waals surface area contributed by atoms with Crippen molar-refractivity contribution >= 4 is 23.2 Å². The highest BCUT2D eigenvalue weighted by atomic mass is 32.1. The van der Waals surface area contributed by atoms with Crippen molar-refractivity contribution in [3.8, 4) is 0 Å². The van der Waals surface area contributed by atoms with Crippen LogP contribution in [0.4, 0.5) is 0 Å². The molecular formula is C16H22N2O3S. The number of hydrogen-bond acceptors (Lipinski definition) is 4. The number of hydrogen-bond donors (Lipinski definition) is 1. The molecule has 1 aliphatic carbocycles. The zero-order valence-electron chi connectivity index (χ0n) is 13.0. The summed E-state index contributed by atoms with van der Waals surface area (Å²) in [5.41, 5.74) is 0.408. The van der Waals surface area contributed by atoms with Gasteiger partial charge in [0, 0.05) is 17.3 Å². The number of aromatic nitrogens is 1. The summed E-state index contributed by atoms with van der Waals surface area (Å²) in [6, 6.07) is -0.614. The Balaban J connectivity index is 1.88. The summed E-state index contributed by atoms with van der Waals surface area (Å²) in [6.07, 6.45) is 4.76. The van der Waals surface area contributed by atoms with Crippen molar-refractivity contribution in [2.75, 3.05) is 0 Å². The first-order valence-corrected chi connectivity index (χ1v) is 8.88. The summed E-state index contributed by atoms with van der Waals surface area (Å²) < 4.78 is 0. The van der Waals surface area contributed by atoms with Crippen LogP contribution in [0.2, 0.25) is 0 Å². The second-order valence-corrected chi connectivity index (χ2v) is 7.53. The fourth-order valence-electron chi connectivity index (χ4n) is 3.76. The highest BCUT2D eigenvalue weighted by Crippen LogP contribution is 2.40. The minimum atomic E-state index is -0.887. The van der Waals surface area contributed by atoms with Crippen LogP contribution in [0.5, 0.6) is 0 Å². The van der Waals surface area contributed by atoms with Crippen LogP contribution < -0.4 is 0 Å². The Morgan fingerprint density at radius 1 is 1.36 bits per heavy atom. The molecule has 120 valence electrons. The number of amides is 1. The molecule has 2 heterocycles. The van der Waals surface area contributed by atoms with E-state index in [2.05, 4.69) is 4.98 Å². The van der Waals surface area contributed by atoms with E-state index in [0.717, 1.165) is 30.7 Å². The SMILES string of the molecule is CC(C)c1nc(C(=O)N2[C@H](C(=O)O)C[C@H]3CCCC[C@@H]32)cs1. The number of rotatable bonds is 3. The van der Waals surface area contributed by atoms with Crippen LogP contribution in [0.1, 0.15) is 67.4 Å². The zero-order chi connectivity index (χ0) is 15.9. The van der Waals surface area contributed by atoms with Crippen molar-refractivity contribution in [3.63, 3.8) is 0 Å². The van der Waals surface area contributed by atoms with Gasteiger partial charge in [-0.2, -0.15) is 0 Å². The summed E-state index contributed by atoms with van der Waals surface area (Å²) in [5.74, 6) is -0.475. The third-order valence-electron chi connectivity index (χ3n) is 4.84. The van der Waals surface area contributed by atoms with Crippen molar-refractivity contribution in [1.29, 1.82) is 0 Å². The van der Waals surface area contributed by atoms with E-state index in [9.17, 15) is 14.7 Å². The lowest BCUT2D eigenvalue weighted by molar-refractivity contribution is -0.141. The monoisotopic (exact) mass is 322 g/mol. The Labute approximate surface area is 134 Å². The van der Waals surface area contributed by atoms with Crippen LogP contribution in [0.3, 0.4) is 0 Å². The van der Waals surface area contributed by atoms with Gasteiger partial charge < -0.3 is 10.0 Å². The fourth-order valence-corrected chi connectivity index (χ4v) is 4.57. The van der Waals surface area contributed by atoms with Crippen molar-refractivity contribution in [1.82, 2.24) is 9.88 Å². The lowest BCUT2D eigenvalue weighted by Crippen LogP contribution is -2.46. The lowest BCUT2D eigenvalue weighted by atomic mass is 9.84. The van der Waals surface area contributed by atoms with Crippen LogP contribution >= 0.6 is 11.3 Å². The van der Waals surface area contributed by atoms with E-state index in [1.54, 1.807) is 10.3 Å². The van der Waals surface area contributed by atoms with Crippen molar-refractivity contribution in [2.24, 2.45) is 5.92 Å². The van der Waals surface area contributed by atoms with Crippen LogP contribution in [0.25, 0.3) is 0 Å². The Morgan fingerprint density at radius 3 is 2.73 bits per heavy atom. The Morgan fingerprint density at radius 2 is 2.09 bits per heavy atom. The number of carbonyl (C=O) groups is 2. The van der Waals surface area contributed by atoms with Crippen LogP contribution in [0.15, 0.2) is 5.38 Å². The summed E-state index contributed by atoms with van der Waals surface area (Å²) in [5, 5.41) is 12.2. The molecule has 1 aliphatic heterocycles. The number of nitrogens with zero attached hydrogens (tertiary/aromatic N) is 2. The quantitative estimate of drug-likeness (QED) is 0.928. The smallest absolute Gasteiger partial charge is 0.326 e. The van der Waals surface area contributed by atoms with E-state index in [-0.39, 0.29) is 17.9 Å². The molecule has 1 aromatic rings. The average Bonchev–Trinajstić information content (AvgIpc) is 3.11. The molecule has 22 heavy (non-hydrogen) atoms. The summed E-state index contributed by atoms with van der Waals surface area (Å²) in [6.45, 7) is 4.08. The van der Waals surface area contributed by atoms with Gasteiger partial charge in [0.05, 0.1) is 5.01 Å². The number of thiazole rings is 1. The molecule has 1 saturated carbocycles. The number of aliphatic carboxylic acids is 1. The normalized spacial score (nSPS) is 28.0. The maximum absolute atomic E-state index is 12.9. The van der Waals surface area contributed by atoms with E-state index in [4.69, 9.17) is 0 Å². The summed E-state index contributed by atoms with van der Waals surface area (Å²) in [4.78, 5) is 30.5. The highest BCUT2D eigenvalue weighted by molar-refractivity contribution is 7.09. The second kappa shape index (κ2) is 5.99. The molecule has 3 rings (SSSR count). The third-order valence-corrected chi connectivity index (χ3v) is 5.99. The van der Waals surface area contributed by atoms with Crippen molar-refractivity contribution in [2.45, 2.75) is 64.0 Å². The predicted molar refractivity (Wildman–Crippen MR) is 84.2 cm³/mol. The second-order valence-electron chi connectivity index (χ2n) is 6.64. The molecular weight excluding hydrogens is 300 g/mol. The van der Waals surface area contributed by atoms with Gasteiger partial charge >= 0.3 is 5.97 Å². The molecule has 2 fully saturated rings. The maximum Gasteiger partial charge on any atom is 0.326 e. The van der Waals surface area contributed by atoms with Gasteiger partial charge in [0.25, 0.3) is 5.91 Å². The Kier molecular flexibility index (Phi) is 4.21. The third kappa shape index (κ3) is 2.64. The van der Waals surface area contributed by atoms with Crippen LogP contribution in [-0.2, 0) is 4.79 Å². The number of carboxylic acids is 1. The van der Waals surface area contributed by atoms with Crippen LogP contribution in [-0.4, -0.2) is 39.0 Å². The van der Waals surface area contributed by atoms with Gasteiger partial charge in [0.2, 0.25) is 0 Å². The van der Waals surface area contributed by atoms with Gasteiger partial charge in [-0.1, -0.05) is 26.7 Å². The molecule has 0 bridgehead atoms. The van der Waals surface area contributed by atoms with Crippen LogP contribution in [0, 0.1) is 5.92 Å². The maximum atomic E-state index is 12.9. The first-order chi connectivity index (χ1) is 10.5. The molecule has 0 spiro atoms. The molecule has 3 atom stereocenters. The van der Waals surface area contributed by atoms with Gasteiger partial charge in [-0.25, -0.2) is 9.78 Å². The molecule has 1 amide bonds. The average molecular weight is 322 g/mol. The minimum absolute atomic E-state index is 0.0755. The fraction of sp³-hybridized carbons (Fsp3) is 0.688. The van der Waals surface area contributed by atoms with E-state index in [0.29, 0.717) is 18.0 Å². The first kappa shape index (κ1) is 15.5. The molecule has 0 unspecified atom stereocenters. The van der Waals surface area contributed by atoms with E-state index >= 15 is 0 Å². The molecule has 1 aromatic heterocycles. The molecule has 0 aromatic carbocycles. The van der Waals surface area contributed by atoms with E-state index in [1.807, 2.05) is 13.8 Å². The Hall–Kier alpha value is -1.43. The zero-order valence-corrected chi connectivity index (χ0v) is 13.8. The minimum Gasteiger partial charge on any atom is -0.480 e. The van der Waals surface area contributed by atoms with E-state index in [1.165, 1.54) is 11.3 Å². The van der Waals surface area contributed by atoms with Gasteiger partial charge in [-0.3, -0.25) is 4.79 Å². The molecule has 1 saturated heterocycles. The topological polar surface area (TPSA) is 70.5 Å². The van der Waals surface area contributed by atoms with E-state index < -0.39 is 12.0 Å². The molecule has 1 N–H and O–H groups in total. The summed E-state index contributed by atoms with van der Waals surface area (Å²) >= 11 is 1.48. The number of carbonyl (C=O) groups excluding carboxylic acids is 1.